The summed E-state index contributed by atoms with van der Waals surface area (Å²) in [4.78, 5) is 24.4. The molecule has 0 amide bonds. The molecule has 0 saturated carbocycles. The summed E-state index contributed by atoms with van der Waals surface area (Å²) >= 11 is 1.60. The van der Waals surface area contributed by atoms with E-state index in [4.69, 9.17) is 0 Å². The van der Waals surface area contributed by atoms with E-state index in [1.165, 1.54) is 0 Å². The average Bonchev–Trinajstić information content (AvgIpc) is 3.12. The van der Waals surface area contributed by atoms with Crippen molar-refractivity contribution in [3.8, 4) is 0 Å². The molecule has 0 aromatic carbocycles. The summed E-state index contributed by atoms with van der Waals surface area (Å²) in [6.45, 7) is 5.87. The van der Waals surface area contributed by atoms with Crippen molar-refractivity contribution in [3.63, 3.8) is 0 Å². The summed E-state index contributed by atoms with van der Waals surface area (Å²) < 4.78 is 1.68. The van der Waals surface area contributed by atoms with Crippen LogP contribution in [0.3, 0.4) is 0 Å². The van der Waals surface area contributed by atoms with Crippen LogP contribution in [0.4, 0.5) is 5.82 Å². The lowest BCUT2D eigenvalue weighted by Crippen LogP contribution is -2.14. The number of fused-ring (bicyclic) bond motifs is 2. The first kappa shape index (κ1) is 14.8. The van der Waals surface area contributed by atoms with Crippen LogP contribution in [0.1, 0.15) is 30.2 Å². The van der Waals surface area contributed by atoms with Crippen molar-refractivity contribution in [2.45, 2.75) is 26.8 Å². The Kier molecular flexibility index (Phi) is 3.31. The van der Waals surface area contributed by atoms with Crippen molar-refractivity contribution in [2.75, 3.05) is 5.32 Å². The minimum absolute atomic E-state index is 0.182. The van der Waals surface area contributed by atoms with Gasteiger partial charge in [0, 0.05) is 12.4 Å². The predicted octanol–water partition coefficient (Wildman–Crippen LogP) is 2.21. The van der Waals surface area contributed by atoms with Gasteiger partial charge in [-0.15, -0.1) is 21.5 Å². The summed E-state index contributed by atoms with van der Waals surface area (Å²) in [5, 5.41) is 14.6. The molecule has 4 heterocycles. The van der Waals surface area contributed by atoms with Crippen molar-refractivity contribution in [1.29, 1.82) is 0 Å². The molecule has 9 heteroatoms. The Morgan fingerprint density at radius 1 is 1.29 bits per heavy atom. The quantitative estimate of drug-likeness (QED) is 0.592. The second-order valence-corrected chi connectivity index (χ2v) is 6.48. The van der Waals surface area contributed by atoms with E-state index < -0.39 is 0 Å². The van der Waals surface area contributed by atoms with Crippen LogP contribution in [0, 0.1) is 13.8 Å². The number of nitrogens with zero attached hydrogens (tertiary/aromatic N) is 5. The van der Waals surface area contributed by atoms with E-state index >= 15 is 0 Å². The minimum atomic E-state index is -0.266. The van der Waals surface area contributed by atoms with Crippen LogP contribution in [-0.4, -0.2) is 29.5 Å². The van der Waals surface area contributed by atoms with Crippen LogP contribution < -0.4 is 10.9 Å². The van der Waals surface area contributed by atoms with Gasteiger partial charge in [-0.25, -0.2) is 9.97 Å². The van der Waals surface area contributed by atoms with E-state index in [9.17, 15) is 4.79 Å². The normalized spacial score (nSPS) is 12.8. The van der Waals surface area contributed by atoms with Crippen LogP contribution in [0.15, 0.2) is 22.6 Å². The summed E-state index contributed by atoms with van der Waals surface area (Å²) in [5.41, 5.74) is 1.14. The Labute approximate surface area is 140 Å². The molecule has 122 valence electrons. The molecule has 0 aliphatic rings. The standard InChI is InChI=1S/C15H15N7OS/c1-7-6-24-15-10(7)11(18-9(3)19-15)17-8(2)12-20-21-13-14(23)16-4-5-22(12)13/h4-6,8H,1-3H3,(H,16,23)(H,17,18,19). The summed E-state index contributed by atoms with van der Waals surface area (Å²) in [6, 6.07) is -0.182. The summed E-state index contributed by atoms with van der Waals surface area (Å²) in [5.74, 6) is 2.13. The number of H-pyrrole nitrogens is 1. The summed E-state index contributed by atoms with van der Waals surface area (Å²) in [6.07, 6.45) is 3.31. The van der Waals surface area contributed by atoms with Crippen molar-refractivity contribution >= 4 is 33.0 Å². The molecule has 4 aromatic heterocycles. The maximum absolute atomic E-state index is 11.8. The van der Waals surface area contributed by atoms with E-state index in [1.807, 2.05) is 20.8 Å². The lowest BCUT2D eigenvalue weighted by molar-refractivity contribution is 0.767. The molecule has 8 nitrogen and oxygen atoms in total. The zero-order chi connectivity index (χ0) is 16.8. The number of hydrogen-bond donors (Lipinski definition) is 2. The zero-order valence-electron chi connectivity index (χ0n) is 13.4. The number of aryl methyl sites for hydroxylation is 2. The predicted molar refractivity (Wildman–Crippen MR) is 92.5 cm³/mol. The summed E-state index contributed by atoms with van der Waals surface area (Å²) in [7, 11) is 0. The Hall–Kier alpha value is -2.81. The molecule has 0 saturated heterocycles. The van der Waals surface area contributed by atoms with Crippen molar-refractivity contribution in [1.82, 2.24) is 29.5 Å². The highest BCUT2D eigenvalue weighted by atomic mass is 32.1. The van der Waals surface area contributed by atoms with Gasteiger partial charge in [0.1, 0.15) is 16.5 Å². The van der Waals surface area contributed by atoms with Gasteiger partial charge >= 0.3 is 0 Å². The van der Waals surface area contributed by atoms with Gasteiger partial charge in [0.15, 0.2) is 5.82 Å². The van der Waals surface area contributed by atoms with E-state index in [1.54, 1.807) is 28.1 Å². The van der Waals surface area contributed by atoms with Crippen LogP contribution in [0.5, 0.6) is 0 Å². The molecule has 0 aliphatic carbocycles. The highest BCUT2D eigenvalue weighted by Gasteiger charge is 2.18. The molecule has 0 aliphatic heterocycles. The van der Waals surface area contributed by atoms with Crippen LogP contribution >= 0.6 is 11.3 Å². The molecule has 0 spiro atoms. The molecule has 0 radical (unpaired) electrons. The first-order chi connectivity index (χ1) is 11.5. The number of rotatable bonds is 3. The number of thiophene rings is 1. The largest absolute Gasteiger partial charge is 0.360 e. The number of aromatic nitrogens is 6. The van der Waals surface area contributed by atoms with Gasteiger partial charge in [0.25, 0.3) is 5.56 Å². The van der Waals surface area contributed by atoms with Crippen molar-refractivity contribution in [3.05, 3.63) is 45.3 Å². The Morgan fingerprint density at radius 3 is 2.96 bits per heavy atom. The lowest BCUT2D eigenvalue weighted by atomic mass is 10.2. The molecular weight excluding hydrogens is 326 g/mol. The highest BCUT2D eigenvalue weighted by molar-refractivity contribution is 7.17. The maximum atomic E-state index is 11.8. The van der Waals surface area contributed by atoms with Gasteiger partial charge in [0.2, 0.25) is 5.65 Å². The van der Waals surface area contributed by atoms with Gasteiger partial charge < -0.3 is 10.3 Å². The Bertz CT molecular complexity index is 1110. The number of anilines is 1. The second-order valence-electron chi connectivity index (χ2n) is 5.63. The lowest BCUT2D eigenvalue weighted by Gasteiger charge is -2.14. The van der Waals surface area contributed by atoms with Gasteiger partial charge in [-0.3, -0.25) is 9.20 Å². The van der Waals surface area contributed by atoms with Crippen molar-refractivity contribution < 1.29 is 0 Å². The minimum Gasteiger partial charge on any atom is -0.360 e. The second kappa shape index (κ2) is 5.38. The van der Waals surface area contributed by atoms with E-state index in [0.717, 1.165) is 21.6 Å². The molecule has 1 unspecified atom stereocenters. The topological polar surface area (TPSA) is 101 Å². The fourth-order valence-corrected chi connectivity index (χ4v) is 3.68. The fraction of sp³-hybridized carbons (Fsp3) is 0.267. The van der Waals surface area contributed by atoms with E-state index in [0.29, 0.717) is 11.6 Å². The number of aromatic amines is 1. The van der Waals surface area contributed by atoms with E-state index in [-0.39, 0.29) is 17.2 Å². The Balaban J connectivity index is 1.79. The highest BCUT2D eigenvalue weighted by Crippen LogP contribution is 2.31. The molecule has 4 aromatic rings. The van der Waals surface area contributed by atoms with Crippen LogP contribution in [-0.2, 0) is 0 Å². The third kappa shape index (κ3) is 2.24. The van der Waals surface area contributed by atoms with Crippen molar-refractivity contribution in [2.24, 2.45) is 0 Å². The third-order valence-corrected chi connectivity index (χ3v) is 4.82. The van der Waals surface area contributed by atoms with Crippen LogP contribution in [0.2, 0.25) is 0 Å². The monoisotopic (exact) mass is 341 g/mol. The molecule has 0 fully saturated rings. The number of hydrogen-bond acceptors (Lipinski definition) is 7. The van der Waals surface area contributed by atoms with Gasteiger partial charge in [-0.1, -0.05) is 0 Å². The molecule has 24 heavy (non-hydrogen) atoms. The van der Waals surface area contributed by atoms with Gasteiger partial charge in [-0.2, -0.15) is 0 Å². The third-order valence-electron chi connectivity index (χ3n) is 3.83. The SMILES string of the molecule is Cc1nc(NC(C)c2nnc3c(=O)[nH]ccn23)c2c(C)csc2n1. The average molecular weight is 341 g/mol. The fourth-order valence-electron chi connectivity index (χ4n) is 2.72. The molecular formula is C15H15N7OS. The molecule has 2 N–H and O–H groups in total. The zero-order valence-corrected chi connectivity index (χ0v) is 14.2. The van der Waals surface area contributed by atoms with Gasteiger partial charge in [-0.05, 0) is 31.7 Å². The van der Waals surface area contributed by atoms with E-state index in [2.05, 4.69) is 35.8 Å². The molecule has 0 bridgehead atoms. The molecule has 4 rings (SSSR count). The first-order valence-corrected chi connectivity index (χ1v) is 8.34. The van der Waals surface area contributed by atoms with Crippen LogP contribution in [0.25, 0.3) is 15.9 Å². The number of nitrogens with one attached hydrogen (secondary N) is 2. The molecule has 1 atom stereocenters. The van der Waals surface area contributed by atoms with Gasteiger partial charge in [0.05, 0.1) is 11.4 Å². The smallest absolute Gasteiger partial charge is 0.293 e. The maximum Gasteiger partial charge on any atom is 0.293 e. The first-order valence-electron chi connectivity index (χ1n) is 7.46. The Morgan fingerprint density at radius 2 is 2.12 bits per heavy atom.